The van der Waals surface area contributed by atoms with Crippen LogP contribution in [0.15, 0.2) is 23.2 Å². The number of carbonyl (C=O) groups is 2. The van der Waals surface area contributed by atoms with E-state index in [0.717, 1.165) is 31.0 Å². The van der Waals surface area contributed by atoms with Gasteiger partial charge in [0, 0.05) is 13.5 Å². The number of nitrogens with zero attached hydrogens (tertiary/aromatic N) is 5. The Labute approximate surface area is 191 Å². The monoisotopic (exact) mass is 462 g/mol. The van der Waals surface area contributed by atoms with Crippen molar-refractivity contribution in [2.75, 3.05) is 20.1 Å². The molecular formula is C22H26Cl2N5O2+. The minimum atomic E-state index is -0.549. The molecule has 31 heavy (non-hydrogen) atoms. The van der Waals surface area contributed by atoms with Gasteiger partial charge in [0.1, 0.15) is 0 Å². The maximum absolute atomic E-state index is 13.5. The molecule has 2 fully saturated rings. The van der Waals surface area contributed by atoms with Crippen molar-refractivity contribution in [2.24, 2.45) is 4.99 Å². The van der Waals surface area contributed by atoms with Crippen LogP contribution in [0, 0.1) is 0 Å². The first-order valence-electron chi connectivity index (χ1n) is 11.0. The number of guanidine groups is 1. The zero-order valence-corrected chi connectivity index (χ0v) is 19.1. The molecule has 1 saturated carbocycles. The number of amides is 3. The van der Waals surface area contributed by atoms with E-state index in [9.17, 15) is 9.59 Å². The Hall–Kier alpha value is -2.12. The SMILES string of the molecule is CN1C(=O)N(Cc2ccc(Cl)c(Cl)c2)C(=O)C2C1=NC1=[N+]2CCCN1C1CCCCC1. The summed E-state index contributed by atoms with van der Waals surface area (Å²) in [6, 6.07) is 4.73. The Morgan fingerprint density at radius 1 is 1.10 bits per heavy atom. The number of fused-ring (bicyclic) bond motifs is 2. The molecule has 1 atom stereocenters. The minimum Gasteiger partial charge on any atom is -0.270 e. The number of benzene rings is 1. The molecule has 1 saturated heterocycles. The Kier molecular flexibility index (Phi) is 5.42. The summed E-state index contributed by atoms with van der Waals surface area (Å²) >= 11 is 12.1. The van der Waals surface area contributed by atoms with Gasteiger partial charge in [-0.1, -0.05) is 53.5 Å². The second-order valence-electron chi connectivity index (χ2n) is 8.72. The molecule has 0 bridgehead atoms. The summed E-state index contributed by atoms with van der Waals surface area (Å²) in [5.74, 6) is 1.18. The lowest BCUT2D eigenvalue weighted by molar-refractivity contribution is -0.546. The van der Waals surface area contributed by atoms with E-state index in [0.29, 0.717) is 21.9 Å². The summed E-state index contributed by atoms with van der Waals surface area (Å²) < 4.78 is 2.10. The van der Waals surface area contributed by atoms with E-state index < -0.39 is 6.04 Å². The van der Waals surface area contributed by atoms with Crippen LogP contribution in [0.2, 0.25) is 10.0 Å². The number of imide groups is 1. The lowest BCUT2D eigenvalue weighted by Gasteiger charge is -2.36. The maximum Gasteiger partial charge on any atom is 0.392 e. The summed E-state index contributed by atoms with van der Waals surface area (Å²) in [5, 5.41) is 0.849. The second kappa shape index (κ2) is 8.10. The van der Waals surface area contributed by atoms with E-state index in [2.05, 4.69) is 9.48 Å². The number of hydrogen-bond acceptors (Lipinski definition) is 4. The first kappa shape index (κ1) is 20.8. The van der Waals surface area contributed by atoms with E-state index in [1.54, 1.807) is 25.2 Å². The molecule has 3 amide bonds. The molecule has 1 unspecified atom stereocenters. The highest BCUT2D eigenvalue weighted by atomic mass is 35.5. The molecule has 0 spiro atoms. The van der Waals surface area contributed by atoms with Gasteiger partial charge in [0.05, 0.1) is 35.7 Å². The fourth-order valence-corrected chi connectivity index (χ4v) is 5.50. The quantitative estimate of drug-likeness (QED) is 0.644. The summed E-state index contributed by atoms with van der Waals surface area (Å²) in [4.78, 5) is 36.6. The van der Waals surface area contributed by atoms with Crippen molar-refractivity contribution in [2.45, 2.75) is 57.2 Å². The third kappa shape index (κ3) is 3.52. The Morgan fingerprint density at radius 3 is 2.61 bits per heavy atom. The van der Waals surface area contributed by atoms with Crippen molar-refractivity contribution in [3.05, 3.63) is 33.8 Å². The average molecular weight is 463 g/mol. The number of amidine groups is 1. The molecule has 0 radical (unpaired) electrons. The molecule has 3 aliphatic heterocycles. The van der Waals surface area contributed by atoms with Crippen LogP contribution >= 0.6 is 23.2 Å². The fraction of sp³-hybridized carbons (Fsp3) is 0.545. The smallest absolute Gasteiger partial charge is 0.270 e. The van der Waals surface area contributed by atoms with E-state index in [1.165, 1.54) is 41.9 Å². The van der Waals surface area contributed by atoms with Crippen LogP contribution in [-0.2, 0) is 11.3 Å². The molecule has 7 nitrogen and oxygen atoms in total. The van der Waals surface area contributed by atoms with Crippen molar-refractivity contribution in [1.82, 2.24) is 14.7 Å². The van der Waals surface area contributed by atoms with E-state index in [4.69, 9.17) is 28.2 Å². The first-order valence-corrected chi connectivity index (χ1v) is 11.7. The molecule has 5 rings (SSSR count). The molecule has 1 aliphatic carbocycles. The molecule has 3 heterocycles. The van der Waals surface area contributed by atoms with E-state index in [-0.39, 0.29) is 18.5 Å². The number of rotatable bonds is 3. The Morgan fingerprint density at radius 2 is 1.87 bits per heavy atom. The van der Waals surface area contributed by atoms with Gasteiger partial charge in [-0.15, -0.1) is 0 Å². The molecule has 0 aromatic heterocycles. The summed E-state index contributed by atoms with van der Waals surface area (Å²) in [7, 11) is 1.70. The maximum atomic E-state index is 13.5. The van der Waals surface area contributed by atoms with Crippen molar-refractivity contribution in [1.29, 1.82) is 0 Å². The summed E-state index contributed by atoms with van der Waals surface area (Å²) in [6.07, 6.45) is 7.08. The van der Waals surface area contributed by atoms with Crippen LogP contribution in [0.25, 0.3) is 0 Å². The van der Waals surface area contributed by atoms with Crippen LogP contribution < -0.4 is 0 Å². The predicted molar refractivity (Wildman–Crippen MR) is 120 cm³/mol. The van der Waals surface area contributed by atoms with E-state index in [1.807, 2.05) is 0 Å². The van der Waals surface area contributed by atoms with Crippen LogP contribution in [0.1, 0.15) is 44.1 Å². The zero-order chi connectivity index (χ0) is 21.7. The minimum absolute atomic E-state index is 0.151. The second-order valence-corrected chi connectivity index (χ2v) is 9.53. The lowest BCUT2D eigenvalue weighted by Crippen LogP contribution is -2.63. The lowest BCUT2D eigenvalue weighted by atomic mass is 9.94. The van der Waals surface area contributed by atoms with Gasteiger partial charge in [0.15, 0.2) is 0 Å². The number of halogens is 2. The van der Waals surface area contributed by atoms with Gasteiger partial charge in [-0.3, -0.25) is 19.5 Å². The van der Waals surface area contributed by atoms with Crippen LogP contribution in [-0.4, -0.2) is 75.2 Å². The van der Waals surface area contributed by atoms with Gasteiger partial charge >= 0.3 is 12.0 Å². The standard InChI is InChI=1S/C22H26Cl2N5O2/c1-26-19-18(20(30)29(22(26)31)13-14-8-9-16(23)17(24)12-14)28-11-5-10-27(21(28)25-19)15-6-3-2-4-7-15/h8-9,12,15,18H,2-7,10-11,13H2,1H3/q+1. The average Bonchev–Trinajstić information content (AvgIpc) is 3.18. The highest BCUT2D eigenvalue weighted by molar-refractivity contribution is 6.42. The summed E-state index contributed by atoms with van der Waals surface area (Å²) in [6.45, 7) is 1.88. The van der Waals surface area contributed by atoms with Gasteiger partial charge in [-0.25, -0.2) is 9.37 Å². The van der Waals surface area contributed by atoms with Crippen molar-refractivity contribution in [3.8, 4) is 0 Å². The van der Waals surface area contributed by atoms with Crippen molar-refractivity contribution in [3.63, 3.8) is 0 Å². The van der Waals surface area contributed by atoms with Gasteiger partial charge in [0.25, 0.3) is 5.91 Å². The summed E-state index contributed by atoms with van der Waals surface area (Å²) in [5.41, 5.74) is 0.759. The Balaban J connectivity index is 1.45. The number of carbonyl (C=O) groups excluding carboxylic acids is 2. The number of urea groups is 1. The number of aliphatic imine (C=N–C) groups is 1. The van der Waals surface area contributed by atoms with Gasteiger partial charge in [-0.2, -0.15) is 0 Å². The third-order valence-electron chi connectivity index (χ3n) is 6.78. The third-order valence-corrected chi connectivity index (χ3v) is 7.52. The molecule has 1 aromatic carbocycles. The van der Waals surface area contributed by atoms with Crippen molar-refractivity contribution >= 4 is 46.9 Å². The highest BCUT2D eigenvalue weighted by Gasteiger charge is 2.54. The molecular weight excluding hydrogens is 437 g/mol. The first-order chi connectivity index (χ1) is 15.0. The number of likely N-dealkylation sites (N-methyl/N-ethyl adjacent to an activating group) is 1. The van der Waals surface area contributed by atoms with Gasteiger partial charge in [0.2, 0.25) is 11.9 Å². The highest BCUT2D eigenvalue weighted by Crippen LogP contribution is 2.30. The normalized spacial score (nSPS) is 24.5. The topological polar surface area (TPSA) is 59.2 Å². The molecule has 4 aliphatic rings. The molecule has 0 N–H and O–H groups in total. The van der Waals surface area contributed by atoms with Gasteiger partial charge in [-0.05, 0) is 30.5 Å². The molecule has 9 heteroatoms. The predicted octanol–water partition coefficient (Wildman–Crippen LogP) is 3.58. The zero-order valence-electron chi connectivity index (χ0n) is 17.6. The van der Waals surface area contributed by atoms with Crippen molar-refractivity contribution < 1.29 is 14.2 Å². The van der Waals surface area contributed by atoms with Crippen LogP contribution in [0.5, 0.6) is 0 Å². The largest absolute Gasteiger partial charge is 0.392 e. The fourth-order valence-electron chi connectivity index (χ4n) is 5.18. The number of hydrogen-bond donors (Lipinski definition) is 0. The van der Waals surface area contributed by atoms with E-state index >= 15 is 0 Å². The Bertz CT molecular complexity index is 1000. The molecule has 164 valence electrons. The van der Waals surface area contributed by atoms with Gasteiger partial charge < -0.3 is 0 Å². The van der Waals surface area contributed by atoms with Crippen LogP contribution in [0.4, 0.5) is 4.79 Å². The molecule has 1 aromatic rings. The van der Waals surface area contributed by atoms with Crippen LogP contribution in [0.3, 0.4) is 0 Å².